The summed E-state index contributed by atoms with van der Waals surface area (Å²) < 4.78 is 1.89. The van der Waals surface area contributed by atoms with Gasteiger partial charge in [0, 0.05) is 11.3 Å². The van der Waals surface area contributed by atoms with Crippen LogP contribution in [0.3, 0.4) is 0 Å². The molecule has 0 aliphatic carbocycles. The van der Waals surface area contributed by atoms with Crippen LogP contribution in [0.25, 0.3) is 11.4 Å². The number of fused-ring (bicyclic) bond motifs is 1. The molecule has 1 aromatic heterocycles. The van der Waals surface area contributed by atoms with Gasteiger partial charge in [0.05, 0.1) is 6.04 Å². The summed E-state index contributed by atoms with van der Waals surface area (Å²) in [5.41, 5.74) is 9.73. The van der Waals surface area contributed by atoms with Crippen molar-refractivity contribution in [1.29, 1.82) is 0 Å². The van der Waals surface area contributed by atoms with Crippen LogP contribution in [-0.4, -0.2) is 26.0 Å². The van der Waals surface area contributed by atoms with Crippen LogP contribution < -0.4 is 10.7 Å². The quantitative estimate of drug-likeness (QED) is 0.439. The molecule has 0 radical (unpaired) electrons. The molecule has 5 rings (SSSR count). The summed E-state index contributed by atoms with van der Waals surface area (Å²) in [6, 6.07) is 24.0. The lowest BCUT2D eigenvalue weighted by molar-refractivity contribution is -0.116. The van der Waals surface area contributed by atoms with Gasteiger partial charge in [-0.05, 0) is 38.0 Å². The van der Waals surface area contributed by atoms with E-state index in [1.54, 1.807) is 0 Å². The number of carbonyl (C=O) groups excluding carboxylic acids is 1. The van der Waals surface area contributed by atoms with E-state index in [1.807, 2.05) is 61.0 Å². The van der Waals surface area contributed by atoms with E-state index in [0.29, 0.717) is 5.16 Å². The monoisotopic (exact) mass is 455 g/mol. The second kappa shape index (κ2) is 8.75. The third kappa shape index (κ3) is 4.24. The van der Waals surface area contributed by atoms with E-state index >= 15 is 0 Å². The highest BCUT2D eigenvalue weighted by atomic mass is 32.2. The molecule has 2 heterocycles. The molecule has 7 heteroatoms. The van der Waals surface area contributed by atoms with Gasteiger partial charge in [-0.25, -0.2) is 4.68 Å². The lowest BCUT2D eigenvalue weighted by atomic mass is 10.0. The van der Waals surface area contributed by atoms with Crippen molar-refractivity contribution in [1.82, 2.24) is 14.9 Å². The molecule has 3 aromatic carbocycles. The first-order valence-electron chi connectivity index (χ1n) is 10.9. The van der Waals surface area contributed by atoms with Gasteiger partial charge >= 0.3 is 0 Å². The van der Waals surface area contributed by atoms with Crippen LogP contribution >= 0.6 is 11.8 Å². The Morgan fingerprint density at radius 2 is 1.67 bits per heavy atom. The molecule has 4 aromatic rings. The lowest BCUT2D eigenvalue weighted by Crippen LogP contribution is -2.41. The van der Waals surface area contributed by atoms with Crippen molar-refractivity contribution >= 4 is 23.4 Å². The summed E-state index contributed by atoms with van der Waals surface area (Å²) in [5, 5.41) is 12.2. The van der Waals surface area contributed by atoms with Gasteiger partial charge in [-0.15, -0.1) is 10.2 Å². The third-order valence-electron chi connectivity index (χ3n) is 5.80. The van der Waals surface area contributed by atoms with Crippen LogP contribution in [-0.2, 0) is 4.79 Å². The Labute approximate surface area is 197 Å². The number of nitrogens with zero attached hydrogens (tertiary/aromatic N) is 3. The molecule has 0 saturated carbocycles. The van der Waals surface area contributed by atoms with E-state index in [9.17, 15) is 4.79 Å². The standard InChI is InChI=1S/C26H25N5OS/c1-16-9-12-19(13-10-16)22-23(25(32)27-21-14-11-17(2)15-18(21)3)33-26-29-28-24(31(26)30-22)20-7-5-4-6-8-20/h4-15,22-23,30H,1-3H3,(H,27,32)/t22-,23-/m0/s1. The number of hydrogen-bond acceptors (Lipinski definition) is 5. The maximum atomic E-state index is 13.5. The molecule has 1 amide bonds. The molecule has 0 fully saturated rings. The molecule has 1 aliphatic rings. The number of benzene rings is 3. The van der Waals surface area contributed by atoms with E-state index in [1.165, 1.54) is 22.9 Å². The van der Waals surface area contributed by atoms with Crippen LogP contribution in [0.4, 0.5) is 5.69 Å². The number of rotatable bonds is 4. The lowest BCUT2D eigenvalue weighted by Gasteiger charge is -2.33. The first-order valence-corrected chi connectivity index (χ1v) is 11.8. The Bertz CT molecular complexity index is 1300. The first kappa shape index (κ1) is 21.3. The van der Waals surface area contributed by atoms with Crippen LogP contribution in [0.2, 0.25) is 0 Å². The number of aromatic nitrogens is 3. The van der Waals surface area contributed by atoms with Crippen LogP contribution in [0.5, 0.6) is 0 Å². The summed E-state index contributed by atoms with van der Waals surface area (Å²) >= 11 is 1.43. The molecule has 33 heavy (non-hydrogen) atoms. The summed E-state index contributed by atoms with van der Waals surface area (Å²) in [4.78, 5) is 13.5. The SMILES string of the molecule is Cc1ccc([C@@H]2Nn3c(nnc3-c3ccccc3)S[C@@H]2C(=O)Nc2ccc(C)cc2C)cc1. The molecule has 166 valence electrons. The molecule has 0 bridgehead atoms. The molecule has 2 N–H and O–H groups in total. The highest BCUT2D eigenvalue weighted by Crippen LogP contribution is 2.39. The Kier molecular flexibility index (Phi) is 5.64. The summed E-state index contributed by atoms with van der Waals surface area (Å²) in [6.45, 7) is 6.11. The molecular weight excluding hydrogens is 430 g/mol. The van der Waals surface area contributed by atoms with Gasteiger partial charge in [0.15, 0.2) is 5.82 Å². The maximum Gasteiger partial charge on any atom is 0.240 e. The molecule has 2 atom stereocenters. The Balaban J connectivity index is 1.51. The van der Waals surface area contributed by atoms with Gasteiger partial charge in [0.1, 0.15) is 5.25 Å². The fourth-order valence-electron chi connectivity index (χ4n) is 4.01. The summed E-state index contributed by atoms with van der Waals surface area (Å²) in [6.07, 6.45) is 0. The topological polar surface area (TPSA) is 71.8 Å². The van der Waals surface area contributed by atoms with Gasteiger partial charge in [0.2, 0.25) is 11.1 Å². The zero-order chi connectivity index (χ0) is 22.9. The minimum absolute atomic E-state index is 0.0689. The predicted octanol–water partition coefficient (Wildman–Crippen LogP) is 5.27. The van der Waals surface area contributed by atoms with Crippen LogP contribution in [0.1, 0.15) is 28.3 Å². The normalized spacial score (nSPS) is 17.2. The van der Waals surface area contributed by atoms with Crippen LogP contribution in [0, 0.1) is 20.8 Å². The average Bonchev–Trinajstić information content (AvgIpc) is 3.24. The minimum Gasteiger partial charge on any atom is -0.325 e. The molecule has 0 saturated heterocycles. The number of nitrogens with one attached hydrogen (secondary N) is 2. The second-order valence-corrected chi connectivity index (χ2v) is 9.48. The minimum atomic E-state index is -0.422. The summed E-state index contributed by atoms with van der Waals surface area (Å²) in [5.74, 6) is 0.656. The van der Waals surface area contributed by atoms with Crippen molar-refractivity contribution in [3.05, 3.63) is 95.1 Å². The molecule has 0 unspecified atom stereocenters. The Morgan fingerprint density at radius 1 is 0.939 bits per heavy atom. The number of amides is 1. The van der Waals surface area contributed by atoms with E-state index in [4.69, 9.17) is 0 Å². The first-order chi connectivity index (χ1) is 16.0. The number of thioether (sulfide) groups is 1. The van der Waals surface area contributed by atoms with Crippen molar-refractivity contribution in [2.75, 3.05) is 10.7 Å². The zero-order valence-corrected chi connectivity index (χ0v) is 19.6. The maximum absolute atomic E-state index is 13.5. The number of aryl methyl sites for hydroxylation is 3. The van der Waals surface area contributed by atoms with Gasteiger partial charge in [-0.3, -0.25) is 4.79 Å². The predicted molar refractivity (Wildman–Crippen MR) is 133 cm³/mol. The fourth-order valence-corrected chi connectivity index (χ4v) is 5.09. The van der Waals surface area contributed by atoms with Crippen molar-refractivity contribution in [2.24, 2.45) is 0 Å². The van der Waals surface area contributed by atoms with E-state index in [2.05, 4.69) is 58.2 Å². The van der Waals surface area contributed by atoms with Crippen molar-refractivity contribution < 1.29 is 4.79 Å². The van der Waals surface area contributed by atoms with E-state index < -0.39 is 5.25 Å². The van der Waals surface area contributed by atoms with Gasteiger partial charge in [-0.2, -0.15) is 0 Å². The van der Waals surface area contributed by atoms with Crippen LogP contribution in [0.15, 0.2) is 78.0 Å². The van der Waals surface area contributed by atoms with Gasteiger partial charge < -0.3 is 10.7 Å². The number of hydrogen-bond donors (Lipinski definition) is 2. The Morgan fingerprint density at radius 3 is 2.39 bits per heavy atom. The van der Waals surface area contributed by atoms with E-state index in [0.717, 1.165) is 28.2 Å². The van der Waals surface area contributed by atoms with Gasteiger partial charge in [0.25, 0.3) is 0 Å². The fraction of sp³-hybridized carbons (Fsp3) is 0.192. The van der Waals surface area contributed by atoms with Crippen molar-refractivity contribution in [2.45, 2.75) is 37.2 Å². The molecular formula is C26H25N5OS. The highest BCUT2D eigenvalue weighted by Gasteiger charge is 2.38. The Hall–Kier alpha value is -3.58. The van der Waals surface area contributed by atoms with Crippen molar-refractivity contribution in [3.8, 4) is 11.4 Å². The van der Waals surface area contributed by atoms with Gasteiger partial charge in [-0.1, -0.05) is 89.6 Å². The molecule has 1 aliphatic heterocycles. The summed E-state index contributed by atoms with van der Waals surface area (Å²) in [7, 11) is 0. The van der Waals surface area contributed by atoms with Crippen molar-refractivity contribution in [3.63, 3.8) is 0 Å². The third-order valence-corrected chi connectivity index (χ3v) is 7.02. The highest BCUT2D eigenvalue weighted by molar-refractivity contribution is 8.00. The second-order valence-electron chi connectivity index (χ2n) is 8.37. The molecule has 6 nitrogen and oxygen atoms in total. The number of anilines is 1. The molecule has 0 spiro atoms. The smallest absolute Gasteiger partial charge is 0.240 e. The zero-order valence-electron chi connectivity index (χ0n) is 18.7. The van der Waals surface area contributed by atoms with E-state index in [-0.39, 0.29) is 11.9 Å². The number of carbonyl (C=O) groups is 1. The average molecular weight is 456 g/mol. The largest absolute Gasteiger partial charge is 0.325 e.